The van der Waals surface area contributed by atoms with Crippen LogP contribution in [0.5, 0.6) is 11.5 Å². The van der Waals surface area contributed by atoms with E-state index in [0.29, 0.717) is 29.2 Å². The van der Waals surface area contributed by atoms with E-state index in [1.807, 2.05) is 0 Å². The third-order valence-corrected chi connectivity index (χ3v) is 3.59. The van der Waals surface area contributed by atoms with Crippen molar-refractivity contribution in [2.24, 2.45) is 0 Å². The van der Waals surface area contributed by atoms with E-state index in [-0.39, 0.29) is 18.3 Å². The van der Waals surface area contributed by atoms with Crippen LogP contribution in [0.3, 0.4) is 0 Å². The predicted molar refractivity (Wildman–Crippen MR) is 99.1 cm³/mol. The number of benzene rings is 2. The number of carbonyl (C=O) groups excluding carboxylic acids is 3. The van der Waals surface area contributed by atoms with Gasteiger partial charge in [-0.2, -0.15) is 0 Å². The maximum atomic E-state index is 12.1. The van der Waals surface area contributed by atoms with Crippen LogP contribution in [0.1, 0.15) is 23.7 Å². The Bertz CT molecular complexity index is 800. The fourth-order valence-corrected chi connectivity index (χ4v) is 2.13. The molecule has 0 fully saturated rings. The first-order chi connectivity index (χ1) is 13.0. The van der Waals surface area contributed by atoms with Crippen LogP contribution in [0.25, 0.3) is 0 Å². The van der Waals surface area contributed by atoms with Crippen LogP contribution < -0.4 is 14.8 Å². The van der Waals surface area contributed by atoms with Crippen molar-refractivity contribution in [1.82, 2.24) is 0 Å². The summed E-state index contributed by atoms with van der Waals surface area (Å²) in [7, 11) is 1.50. The second-order valence-corrected chi connectivity index (χ2v) is 5.50. The zero-order chi connectivity index (χ0) is 19.6. The lowest BCUT2D eigenvalue weighted by Crippen LogP contribution is -2.19. The van der Waals surface area contributed by atoms with Crippen LogP contribution in [-0.4, -0.2) is 38.0 Å². The molecule has 0 aromatic heterocycles. The molecule has 7 nitrogen and oxygen atoms in total. The molecule has 7 heteroatoms. The van der Waals surface area contributed by atoms with Gasteiger partial charge in [0.2, 0.25) is 5.91 Å². The Labute approximate surface area is 157 Å². The van der Waals surface area contributed by atoms with Crippen LogP contribution in [0.4, 0.5) is 5.69 Å². The molecule has 0 bridgehead atoms. The molecule has 0 aliphatic carbocycles. The van der Waals surface area contributed by atoms with Crippen molar-refractivity contribution in [3.8, 4) is 11.5 Å². The Morgan fingerprint density at radius 1 is 0.926 bits per heavy atom. The molecule has 0 unspecified atom stereocenters. The molecule has 142 valence electrons. The number of methoxy groups -OCH3 is 1. The highest BCUT2D eigenvalue weighted by atomic mass is 16.6. The number of carbonyl (C=O) groups is 3. The lowest BCUT2D eigenvalue weighted by Gasteiger charge is -2.10. The Balaban J connectivity index is 1.80. The number of amides is 1. The van der Waals surface area contributed by atoms with Gasteiger partial charge in [-0.15, -0.1) is 0 Å². The van der Waals surface area contributed by atoms with Crippen LogP contribution in [0, 0.1) is 0 Å². The average molecular weight is 371 g/mol. The van der Waals surface area contributed by atoms with Gasteiger partial charge in [-0.25, -0.2) is 4.79 Å². The number of esters is 1. The molecular formula is C20H21NO6. The Kier molecular flexibility index (Phi) is 7.37. The maximum absolute atomic E-state index is 12.1. The van der Waals surface area contributed by atoms with Gasteiger partial charge in [0.05, 0.1) is 7.11 Å². The van der Waals surface area contributed by atoms with E-state index in [1.165, 1.54) is 7.11 Å². The number of para-hydroxylation sites is 2. The van der Waals surface area contributed by atoms with Crippen molar-refractivity contribution in [3.05, 3.63) is 54.1 Å². The van der Waals surface area contributed by atoms with Gasteiger partial charge in [0.25, 0.3) is 0 Å². The van der Waals surface area contributed by atoms with Crippen LogP contribution in [0.15, 0.2) is 48.5 Å². The third-order valence-electron chi connectivity index (χ3n) is 3.59. The van der Waals surface area contributed by atoms with Gasteiger partial charge in [-0.3, -0.25) is 9.59 Å². The van der Waals surface area contributed by atoms with E-state index in [1.54, 1.807) is 55.5 Å². The fraction of sp³-hybridized carbons (Fsp3) is 0.250. The van der Waals surface area contributed by atoms with Crippen LogP contribution >= 0.6 is 0 Å². The summed E-state index contributed by atoms with van der Waals surface area (Å²) in [6.45, 7) is 1.02. The Morgan fingerprint density at radius 2 is 1.59 bits per heavy atom. The fourth-order valence-electron chi connectivity index (χ4n) is 2.13. The van der Waals surface area contributed by atoms with E-state index in [0.717, 1.165) is 0 Å². The summed E-state index contributed by atoms with van der Waals surface area (Å²) in [5.41, 5.74) is 0.976. The molecule has 0 radical (unpaired) electrons. The molecule has 2 aromatic carbocycles. The zero-order valence-electron chi connectivity index (χ0n) is 15.2. The molecular weight excluding hydrogens is 350 g/mol. The summed E-state index contributed by atoms with van der Waals surface area (Å²) in [4.78, 5) is 35.2. The normalized spacial score (nSPS) is 10.0. The number of nitrogens with one attached hydrogen (secondary N) is 1. The lowest BCUT2D eigenvalue weighted by molar-refractivity contribution is -0.144. The van der Waals surface area contributed by atoms with Crippen molar-refractivity contribution in [2.45, 2.75) is 13.3 Å². The predicted octanol–water partition coefficient (Wildman–Crippen LogP) is 2.85. The molecule has 0 saturated carbocycles. The van der Waals surface area contributed by atoms with E-state index in [9.17, 15) is 14.4 Å². The van der Waals surface area contributed by atoms with E-state index in [2.05, 4.69) is 5.32 Å². The molecule has 0 spiro atoms. The van der Waals surface area contributed by atoms with Crippen LogP contribution in [0.2, 0.25) is 0 Å². The monoisotopic (exact) mass is 371 g/mol. The Morgan fingerprint density at radius 3 is 2.22 bits per heavy atom. The lowest BCUT2D eigenvalue weighted by atomic mass is 10.1. The number of hydrogen-bond donors (Lipinski definition) is 1. The number of Topliss-reactive ketones (excluding diaryl/α,β-unsaturated/α-hetero) is 1. The van der Waals surface area contributed by atoms with Gasteiger partial charge in [0.15, 0.2) is 30.5 Å². The summed E-state index contributed by atoms with van der Waals surface area (Å²) in [6, 6.07) is 13.3. The first kappa shape index (κ1) is 20.0. The van der Waals surface area contributed by atoms with Crippen molar-refractivity contribution in [1.29, 1.82) is 0 Å². The van der Waals surface area contributed by atoms with Gasteiger partial charge in [-0.1, -0.05) is 19.1 Å². The minimum absolute atomic E-state index is 0.113. The summed E-state index contributed by atoms with van der Waals surface area (Å²) in [6.07, 6.45) is 0.369. The first-order valence-corrected chi connectivity index (χ1v) is 8.38. The molecule has 1 amide bonds. The zero-order valence-corrected chi connectivity index (χ0v) is 15.2. The summed E-state index contributed by atoms with van der Waals surface area (Å²) in [5.74, 6) is -0.224. The van der Waals surface area contributed by atoms with Gasteiger partial charge in [-0.05, 0) is 36.4 Å². The Hall–Kier alpha value is -3.35. The maximum Gasteiger partial charge on any atom is 0.344 e. The molecule has 27 heavy (non-hydrogen) atoms. The molecule has 0 atom stereocenters. The van der Waals surface area contributed by atoms with E-state index >= 15 is 0 Å². The first-order valence-electron chi connectivity index (χ1n) is 8.38. The minimum atomic E-state index is -0.666. The SMILES string of the molecule is CCC(=O)Nc1ccc(C(=O)COC(=O)COc2ccccc2OC)cc1. The van der Waals surface area contributed by atoms with E-state index in [4.69, 9.17) is 14.2 Å². The topological polar surface area (TPSA) is 90.9 Å². The molecule has 0 aliphatic rings. The second-order valence-electron chi connectivity index (χ2n) is 5.50. The summed E-state index contributed by atoms with van der Waals surface area (Å²) in [5, 5.41) is 2.69. The molecule has 2 rings (SSSR count). The number of ketones is 1. The second kappa shape index (κ2) is 9.96. The smallest absolute Gasteiger partial charge is 0.344 e. The van der Waals surface area contributed by atoms with Crippen LogP contribution in [-0.2, 0) is 14.3 Å². The summed E-state index contributed by atoms with van der Waals surface area (Å²) < 4.78 is 15.4. The third kappa shape index (κ3) is 6.14. The molecule has 0 aliphatic heterocycles. The quantitative estimate of drug-likeness (QED) is 0.538. The van der Waals surface area contributed by atoms with Gasteiger partial charge < -0.3 is 19.5 Å². The highest BCUT2D eigenvalue weighted by molar-refractivity contribution is 5.98. The van der Waals surface area contributed by atoms with Crippen molar-refractivity contribution >= 4 is 23.3 Å². The minimum Gasteiger partial charge on any atom is -0.493 e. The molecule has 0 heterocycles. The molecule has 2 aromatic rings. The van der Waals surface area contributed by atoms with E-state index < -0.39 is 12.6 Å². The number of rotatable bonds is 9. The average Bonchev–Trinajstić information content (AvgIpc) is 2.71. The molecule has 1 N–H and O–H groups in total. The van der Waals surface area contributed by atoms with Gasteiger partial charge >= 0.3 is 5.97 Å². The van der Waals surface area contributed by atoms with Gasteiger partial charge in [0.1, 0.15) is 0 Å². The highest BCUT2D eigenvalue weighted by Crippen LogP contribution is 2.25. The molecule has 0 saturated heterocycles. The van der Waals surface area contributed by atoms with Crippen molar-refractivity contribution in [3.63, 3.8) is 0 Å². The van der Waals surface area contributed by atoms with Crippen molar-refractivity contribution < 1.29 is 28.6 Å². The largest absolute Gasteiger partial charge is 0.493 e. The number of hydrogen-bond acceptors (Lipinski definition) is 6. The number of anilines is 1. The van der Waals surface area contributed by atoms with Crippen molar-refractivity contribution in [2.75, 3.05) is 25.6 Å². The van der Waals surface area contributed by atoms with Gasteiger partial charge in [0, 0.05) is 17.7 Å². The highest BCUT2D eigenvalue weighted by Gasteiger charge is 2.12. The number of ether oxygens (including phenoxy) is 3. The standard InChI is InChI=1S/C20H21NO6/c1-3-19(23)21-15-10-8-14(9-11-15)16(22)12-27-20(24)13-26-18-7-5-4-6-17(18)25-2/h4-11H,3,12-13H2,1-2H3,(H,21,23). The summed E-state index contributed by atoms with van der Waals surface area (Å²) >= 11 is 0.